The summed E-state index contributed by atoms with van der Waals surface area (Å²) in [5, 5.41) is 10.7. The minimum atomic E-state index is -4.60. The molecule has 0 aliphatic heterocycles. The number of nitro benzene ring substituents is 1. The number of nitrogens with zero attached hydrogens (tertiary/aromatic N) is 2. The van der Waals surface area contributed by atoms with Gasteiger partial charge in [-0.1, -0.05) is 6.92 Å². The van der Waals surface area contributed by atoms with Crippen LogP contribution in [0.15, 0.2) is 18.2 Å². The van der Waals surface area contributed by atoms with Gasteiger partial charge in [-0.15, -0.1) is 0 Å². The molecule has 0 bridgehead atoms. The summed E-state index contributed by atoms with van der Waals surface area (Å²) in [7, 11) is 0. The first-order valence-electron chi connectivity index (χ1n) is 6.93. The van der Waals surface area contributed by atoms with Crippen LogP contribution in [0.5, 0.6) is 0 Å². The molecule has 1 aliphatic rings. The molecule has 7 heteroatoms. The van der Waals surface area contributed by atoms with Crippen molar-refractivity contribution in [3.63, 3.8) is 0 Å². The van der Waals surface area contributed by atoms with E-state index in [1.165, 1.54) is 6.07 Å². The molecular formula is C14H17F3N2O2. The monoisotopic (exact) mass is 302 g/mol. The molecule has 4 nitrogen and oxygen atoms in total. The smallest absolute Gasteiger partial charge is 0.371 e. The van der Waals surface area contributed by atoms with Crippen LogP contribution in [-0.4, -0.2) is 18.0 Å². The predicted molar refractivity (Wildman–Crippen MR) is 73.3 cm³/mol. The molecule has 0 atom stereocenters. The van der Waals surface area contributed by atoms with E-state index in [-0.39, 0.29) is 5.69 Å². The van der Waals surface area contributed by atoms with Crippen molar-refractivity contribution in [3.8, 4) is 0 Å². The number of alkyl halides is 3. The predicted octanol–water partition coefficient (Wildman–Crippen LogP) is 4.24. The van der Waals surface area contributed by atoms with E-state index in [9.17, 15) is 23.3 Å². The summed E-state index contributed by atoms with van der Waals surface area (Å²) >= 11 is 0. The van der Waals surface area contributed by atoms with Gasteiger partial charge in [0.2, 0.25) is 0 Å². The zero-order valence-electron chi connectivity index (χ0n) is 11.7. The molecule has 1 aromatic rings. The van der Waals surface area contributed by atoms with Gasteiger partial charge >= 0.3 is 6.18 Å². The van der Waals surface area contributed by atoms with Crippen LogP contribution in [0, 0.1) is 16.0 Å². The van der Waals surface area contributed by atoms with Gasteiger partial charge in [0, 0.05) is 30.9 Å². The number of benzene rings is 1. The van der Waals surface area contributed by atoms with Crippen molar-refractivity contribution >= 4 is 11.4 Å². The normalized spacial score (nSPS) is 15.0. The zero-order chi connectivity index (χ0) is 15.6. The highest BCUT2D eigenvalue weighted by Crippen LogP contribution is 2.40. The fraction of sp³-hybridized carbons (Fsp3) is 0.571. The molecule has 1 saturated carbocycles. The number of nitro groups is 1. The molecule has 1 aromatic carbocycles. The summed E-state index contributed by atoms with van der Waals surface area (Å²) in [6.07, 6.45) is -1.80. The fourth-order valence-corrected chi connectivity index (χ4v) is 2.33. The van der Waals surface area contributed by atoms with Crippen LogP contribution in [0.3, 0.4) is 0 Å². The summed E-state index contributed by atoms with van der Waals surface area (Å²) in [5.74, 6) is 0.438. The minimum absolute atomic E-state index is 0.0434. The summed E-state index contributed by atoms with van der Waals surface area (Å²) in [4.78, 5) is 11.6. The van der Waals surface area contributed by atoms with E-state index in [0.29, 0.717) is 25.1 Å². The summed E-state index contributed by atoms with van der Waals surface area (Å²) in [6, 6.07) is 2.99. The minimum Gasteiger partial charge on any atom is -0.371 e. The van der Waals surface area contributed by atoms with Crippen molar-refractivity contribution < 1.29 is 18.1 Å². The molecule has 0 spiro atoms. The maximum absolute atomic E-state index is 13.2. The molecule has 0 saturated heterocycles. The van der Waals surface area contributed by atoms with Crippen LogP contribution in [0.1, 0.15) is 31.7 Å². The third kappa shape index (κ3) is 3.86. The van der Waals surface area contributed by atoms with Crippen molar-refractivity contribution in [2.45, 2.75) is 32.4 Å². The quantitative estimate of drug-likeness (QED) is 0.583. The maximum Gasteiger partial charge on any atom is 0.418 e. The third-order valence-electron chi connectivity index (χ3n) is 3.51. The molecule has 0 amide bonds. The van der Waals surface area contributed by atoms with Gasteiger partial charge in [-0.3, -0.25) is 10.1 Å². The first-order valence-corrected chi connectivity index (χ1v) is 6.93. The Morgan fingerprint density at radius 1 is 1.38 bits per heavy atom. The van der Waals surface area contributed by atoms with Crippen LogP contribution in [0.4, 0.5) is 24.5 Å². The van der Waals surface area contributed by atoms with Crippen molar-refractivity contribution in [1.29, 1.82) is 0 Å². The maximum atomic E-state index is 13.2. The lowest BCUT2D eigenvalue weighted by molar-refractivity contribution is -0.385. The third-order valence-corrected chi connectivity index (χ3v) is 3.51. The van der Waals surface area contributed by atoms with Crippen LogP contribution >= 0.6 is 0 Å². The Morgan fingerprint density at radius 2 is 2.05 bits per heavy atom. The first kappa shape index (κ1) is 15.6. The van der Waals surface area contributed by atoms with Gasteiger partial charge in [-0.05, 0) is 31.2 Å². The van der Waals surface area contributed by atoms with Crippen molar-refractivity contribution in [1.82, 2.24) is 0 Å². The van der Waals surface area contributed by atoms with E-state index in [1.807, 2.05) is 6.92 Å². The first-order chi connectivity index (χ1) is 9.82. The van der Waals surface area contributed by atoms with Gasteiger partial charge in [0.25, 0.3) is 5.69 Å². The molecule has 0 radical (unpaired) electrons. The van der Waals surface area contributed by atoms with Gasteiger partial charge < -0.3 is 4.90 Å². The van der Waals surface area contributed by atoms with E-state index in [0.717, 1.165) is 25.3 Å². The van der Waals surface area contributed by atoms with Gasteiger partial charge in [0.1, 0.15) is 0 Å². The fourth-order valence-electron chi connectivity index (χ4n) is 2.33. The second-order valence-electron chi connectivity index (χ2n) is 5.35. The zero-order valence-corrected chi connectivity index (χ0v) is 11.7. The van der Waals surface area contributed by atoms with Gasteiger partial charge in [0.05, 0.1) is 10.5 Å². The lowest BCUT2D eigenvalue weighted by Crippen LogP contribution is -2.29. The SMILES string of the molecule is CCCN(CC1CC1)c1ccc([N+](=O)[O-])cc1C(F)(F)F. The molecule has 0 heterocycles. The van der Waals surface area contributed by atoms with Crippen LogP contribution in [0.25, 0.3) is 0 Å². The average molecular weight is 302 g/mol. The molecule has 1 fully saturated rings. The van der Waals surface area contributed by atoms with Crippen molar-refractivity contribution in [3.05, 3.63) is 33.9 Å². The molecule has 0 aromatic heterocycles. The second-order valence-corrected chi connectivity index (χ2v) is 5.35. The number of rotatable bonds is 6. The highest BCUT2D eigenvalue weighted by Gasteiger charge is 2.37. The Labute approximate surface area is 120 Å². The molecule has 0 N–H and O–H groups in total. The van der Waals surface area contributed by atoms with Crippen LogP contribution < -0.4 is 4.90 Å². The lowest BCUT2D eigenvalue weighted by atomic mass is 10.1. The molecule has 0 unspecified atom stereocenters. The van der Waals surface area contributed by atoms with Gasteiger partial charge in [-0.25, -0.2) is 0 Å². The molecular weight excluding hydrogens is 285 g/mol. The highest BCUT2D eigenvalue weighted by molar-refractivity contribution is 5.59. The Bertz CT molecular complexity index is 527. The standard InChI is InChI=1S/C14H17F3N2O2/c1-2-7-18(9-10-3-4-10)13-6-5-11(19(20)21)8-12(13)14(15,16)17/h5-6,8,10H,2-4,7,9H2,1H3. The second kappa shape index (κ2) is 5.91. The largest absolute Gasteiger partial charge is 0.418 e. The molecule has 2 rings (SSSR count). The number of hydrogen-bond donors (Lipinski definition) is 0. The average Bonchev–Trinajstić information content (AvgIpc) is 3.20. The number of anilines is 1. The Morgan fingerprint density at radius 3 is 2.52 bits per heavy atom. The highest BCUT2D eigenvalue weighted by atomic mass is 19.4. The van der Waals surface area contributed by atoms with E-state index in [4.69, 9.17) is 0 Å². The Kier molecular flexibility index (Phi) is 4.39. The van der Waals surface area contributed by atoms with Gasteiger partial charge in [-0.2, -0.15) is 13.2 Å². The molecule has 21 heavy (non-hydrogen) atoms. The molecule has 1 aliphatic carbocycles. The van der Waals surface area contributed by atoms with E-state index < -0.39 is 22.4 Å². The molecule has 116 valence electrons. The number of non-ortho nitro benzene ring substituents is 1. The van der Waals surface area contributed by atoms with Crippen LogP contribution in [0.2, 0.25) is 0 Å². The van der Waals surface area contributed by atoms with Gasteiger partial charge in [0.15, 0.2) is 0 Å². The van der Waals surface area contributed by atoms with E-state index >= 15 is 0 Å². The van der Waals surface area contributed by atoms with Crippen molar-refractivity contribution in [2.24, 2.45) is 5.92 Å². The van der Waals surface area contributed by atoms with E-state index in [1.54, 1.807) is 4.90 Å². The Balaban J connectivity index is 2.41. The number of hydrogen-bond acceptors (Lipinski definition) is 3. The number of halogens is 3. The van der Waals surface area contributed by atoms with E-state index in [2.05, 4.69) is 0 Å². The van der Waals surface area contributed by atoms with Crippen LogP contribution in [-0.2, 0) is 6.18 Å². The summed E-state index contributed by atoms with van der Waals surface area (Å²) in [5.41, 5.74) is -1.42. The summed E-state index contributed by atoms with van der Waals surface area (Å²) in [6.45, 7) is 2.99. The summed E-state index contributed by atoms with van der Waals surface area (Å²) < 4.78 is 39.6. The van der Waals surface area contributed by atoms with Crippen molar-refractivity contribution in [2.75, 3.05) is 18.0 Å². The topological polar surface area (TPSA) is 46.4 Å². The lowest BCUT2D eigenvalue weighted by Gasteiger charge is -2.27. The Hall–Kier alpha value is -1.79.